The molecule has 0 radical (unpaired) electrons. The summed E-state index contributed by atoms with van der Waals surface area (Å²) in [5.41, 5.74) is 2.36. The van der Waals surface area contributed by atoms with Crippen LogP contribution in [-0.4, -0.2) is 18.2 Å². The molecule has 0 unspecified atom stereocenters. The molecule has 0 fully saturated rings. The van der Waals surface area contributed by atoms with E-state index >= 15 is 0 Å². The molecule has 1 aliphatic rings. The van der Waals surface area contributed by atoms with E-state index < -0.39 is 0 Å². The van der Waals surface area contributed by atoms with E-state index in [2.05, 4.69) is 5.32 Å². The van der Waals surface area contributed by atoms with Crippen LogP contribution in [0.25, 0.3) is 0 Å². The van der Waals surface area contributed by atoms with Gasteiger partial charge in [0.2, 0.25) is 0 Å². The average Bonchev–Trinajstić information content (AvgIpc) is 2.69. The van der Waals surface area contributed by atoms with Gasteiger partial charge < -0.3 is 5.32 Å². The van der Waals surface area contributed by atoms with Crippen molar-refractivity contribution in [3.63, 3.8) is 0 Å². The third-order valence-corrected chi connectivity index (χ3v) is 3.63. The Hall–Kier alpha value is -2.49. The zero-order valence-electron chi connectivity index (χ0n) is 11.4. The van der Waals surface area contributed by atoms with Crippen LogP contribution >= 0.6 is 0 Å². The number of halogens is 1. The highest BCUT2D eigenvalue weighted by Gasteiger charge is 2.18. The van der Waals surface area contributed by atoms with Gasteiger partial charge in [-0.2, -0.15) is 0 Å². The molecule has 0 aliphatic carbocycles. The van der Waals surface area contributed by atoms with E-state index in [1.54, 1.807) is 12.1 Å². The van der Waals surface area contributed by atoms with Crippen LogP contribution in [0.2, 0.25) is 0 Å². The fourth-order valence-corrected chi connectivity index (χ4v) is 2.49. The van der Waals surface area contributed by atoms with Crippen molar-refractivity contribution in [3.05, 3.63) is 70.5 Å². The molecule has 0 atom stereocenters. The van der Waals surface area contributed by atoms with E-state index in [9.17, 15) is 14.0 Å². The summed E-state index contributed by atoms with van der Waals surface area (Å²) in [6.45, 7) is 0.648. The van der Waals surface area contributed by atoms with Crippen molar-refractivity contribution < 1.29 is 14.0 Å². The smallest absolute Gasteiger partial charge is 0.251 e. The molecule has 4 heteroatoms. The van der Waals surface area contributed by atoms with Crippen molar-refractivity contribution in [2.24, 2.45) is 0 Å². The number of aryl methyl sites for hydroxylation is 1. The number of rotatable bonds is 2. The van der Waals surface area contributed by atoms with Crippen molar-refractivity contribution in [2.45, 2.75) is 12.8 Å². The van der Waals surface area contributed by atoms with Gasteiger partial charge in [-0.15, -0.1) is 0 Å². The Kier molecular flexibility index (Phi) is 3.52. The highest BCUT2D eigenvalue weighted by molar-refractivity contribution is 6.10. The lowest BCUT2D eigenvalue weighted by Gasteiger charge is -2.07. The lowest BCUT2D eigenvalue weighted by atomic mass is 9.96. The number of hydrogen-bond donors (Lipinski definition) is 1. The molecule has 0 saturated carbocycles. The first-order valence-electron chi connectivity index (χ1n) is 6.86. The SMILES string of the molecule is O=C(c1ccc(F)cc1)c1ccc2c(c1)C(=O)NCCC2. The summed E-state index contributed by atoms with van der Waals surface area (Å²) in [7, 11) is 0. The largest absolute Gasteiger partial charge is 0.352 e. The van der Waals surface area contributed by atoms with Gasteiger partial charge in [-0.3, -0.25) is 9.59 Å². The second-order valence-electron chi connectivity index (χ2n) is 5.07. The number of benzene rings is 2. The molecule has 0 spiro atoms. The summed E-state index contributed by atoms with van der Waals surface area (Å²) in [5.74, 6) is -0.737. The van der Waals surface area contributed by atoms with Crippen LogP contribution in [0.4, 0.5) is 4.39 Å². The molecule has 1 N–H and O–H groups in total. The van der Waals surface area contributed by atoms with E-state index in [1.807, 2.05) is 6.07 Å². The Bertz CT molecular complexity index is 707. The monoisotopic (exact) mass is 283 g/mol. The average molecular weight is 283 g/mol. The summed E-state index contributed by atoms with van der Waals surface area (Å²) in [6, 6.07) is 10.6. The van der Waals surface area contributed by atoms with Gasteiger partial charge in [0.05, 0.1) is 0 Å². The Morgan fingerprint density at radius 3 is 2.52 bits per heavy atom. The summed E-state index contributed by atoms with van der Waals surface area (Å²) in [4.78, 5) is 24.4. The predicted molar refractivity (Wildman–Crippen MR) is 76.9 cm³/mol. The van der Waals surface area contributed by atoms with E-state index in [4.69, 9.17) is 0 Å². The van der Waals surface area contributed by atoms with Gasteiger partial charge in [0.1, 0.15) is 5.82 Å². The lowest BCUT2D eigenvalue weighted by Crippen LogP contribution is -2.22. The van der Waals surface area contributed by atoms with Crippen molar-refractivity contribution in [1.29, 1.82) is 0 Å². The molecule has 0 bridgehead atoms. The number of fused-ring (bicyclic) bond motifs is 1. The van der Waals surface area contributed by atoms with Crippen LogP contribution in [0.5, 0.6) is 0 Å². The minimum Gasteiger partial charge on any atom is -0.352 e. The Labute approximate surface area is 121 Å². The highest BCUT2D eigenvalue weighted by Crippen LogP contribution is 2.19. The van der Waals surface area contributed by atoms with Crippen LogP contribution in [0.1, 0.15) is 38.3 Å². The molecule has 0 saturated heterocycles. The highest BCUT2D eigenvalue weighted by atomic mass is 19.1. The van der Waals surface area contributed by atoms with Crippen LogP contribution in [0, 0.1) is 5.82 Å². The number of nitrogens with one attached hydrogen (secondary N) is 1. The van der Waals surface area contributed by atoms with E-state index in [1.165, 1.54) is 24.3 Å². The Morgan fingerprint density at radius 1 is 1.05 bits per heavy atom. The molecule has 0 aromatic heterocycles. The molecular weight excluding hydrogens is 269 g/mol. The van der Waals surface area contributed by atoms with Crippen LogP contribution in [0.3, 0.4) is 0 Å². The summed E-state index contributed by atoms with van der Waals surface area (Å²) in [5, 5.41) is 2.81. The van der Waals surface area contributed by atoms with Gasteiger partial charge in [-0.1, -0.05) is 12.1 Å². The molecule has 1 aliphatic heterocycles. The first kappa shape index (κ1) is 13.5. The number of ketones is 1. The molecule has 1 amide bonds. The van der Waals surface area contributed by atoms with E-state index in [0.29, 0.717) is 23.2 Å². The maximum Gasteiger partial charge on any atom is 0.251 e. The zero-order chi connectivity index (χ0) is 14.8. The number of carbonyl (C=O) groups excluding carboxylic acids is 2. The van der Waals surface area contributed by atoms with E-state index in [-0.39, 0.29) is 17.5 Å². The minimum absolute atomic E-state index is 0.142. The maximum absolute atomic E-state index is 12.9. The summed E-state index contributed by atoms with van der Waals surface area (Å²) < 4.78 is 12.9. The zero-order valence-corrected chi connectivity index (χ0v) is 11.4. The second-order valence-corrected chi connectivity index (χ2v) is 5.07. The van der Waals surface area contributed by atoms with Gasteiger partial charge in [-0.25, -0.2) is 4.39 Å². The van der Waals surface area contributed by atoms with E-state index in [0.717, 1.165) is 18.4 Å². The molecule has 2 aromatic carbocycles. The second kappa shape index (κ2) is 5.48. The van der Waals surface area contributed by atoms with Crippen LogP contribution < -0.4 is 5.32 Å². The molecule has 3 rings (SSSR count). The van der Waals surface area contributed by atoms with Gasteiger partial charge in [0.25, 0.3) is 5.91 Å². The first-order chi connectivity index (χ1) is 10.1. The fourth-order valence-electron chi connectivity index (χ4n) is 2.49. The van der Waals surface area contributed by atoms with Crippen molar-refractivity contribution >= 4 is 11.7 Å². The van der Waals surface area contributed by atoms with Crippen LogP contribution in [0.15, 0.2) is 42.5 Å². The van der Waals surface area contributed by atoms with Crippen molar-refractivity contribution in [1.82, 2.24) is 5.32 Å². The maximum atomic E-state index is 12.9. The molecule has 3 nitrogen and oxygen atoms in total. The Balaban J connectivity index is 1.98. The van der Waals surface area contributed by atoms with Crippen molar-refractivity contribution in [3.8, 4) is 0 Å². The standard InChI is InChI=1S/C17H14FNO2/c18-14-7-5-12(6-8-14)16(20)13-4-3-11-2-1-9-19-17(21)15(11)10-13/h3-8,10H,1-2,9H2,(H,19,21). The molecule has 21 heavy (non-hydrogen) atoms. The molecule has 106 valence electrons. The minimum atomic E-state index is -0.382. The van der Waals surface area contributed by atoms with Gasteiger partial charge in [0, 0.05) is 23.2 Å². The predicted octanol–water partition coefficient (Wildman–Crippen LogP) is 2.73. The molecule has 1 heterocycles. The third-order valence-electron chi connectivity index (χ3n) is 3.63. The molecule has 2 aromatic rings. The fraction of sp³-hybridized carbons (Fsp3) is 0.176. The molecular formula is C17H14FNO2. The van der Waals surface area contributed by atoms with Gasteiger partial charge >= 0.3 is 0 Å². The van der Waals surface area contributed by atoms with Crippen LogP contribution in [-0.2, 0) is 6.42 Å². The van der Waals surface area contributed by atoms with Gasteiger partial charge in [-0.05, 0) is 48.7 Å². The first-order valence-corrected chi connectivity index (χ1v) is 6.86. The van der Waals surface area contributed by atoms with Gasteiger partial charge in [0.15, 0.2) is 5.78 Å². The lowest BCUT2D eigenvalue weighted by molar-refractivity contribution is 0.0956. The summed E-state index contributed by atoms with van der Waals surface area (Å²) >= 11 is 0. The summed E-state index contributed by atoms with van der Waals surface area (Å²) in [6.07, 6.45) is 1.71. The quantitative estimate of drug-likeness (QED) is 0.861. The number of hydrogen-bond acceptors (Lipinski definition) is 2. The normalized spacial score (nSPS) is 14.0. The van der Waals surface area contributed by atoms with Crippen molar-refractivity contribution in [2.75, 3.05) is 6.54 Å². The topological polar surface area (TPSA) is 46.2 Å². The number of carbonyl (C=O) groups is 2. The Morgan fingerprint density at radius 2 is 1.76 bits per heavy atom. The number of amides is 1. The third kappa shape index (κ3) is 2.70.